The number of nitrogens with zero attached hydrogens (tertiary/aromatic N) is 2. The Morgan fingerprint density at radius 1 is 1.10 bits per heavy atom. The molecular formula is C17H23N3O. The fourth-order valence-corrected chi connectivity index (χ4v) is 3.26. The molecule has 0 bridgehead atoms. The summed E-state index contributed by atoms with van der Waals surface area (Å²) in [4.78, 5) is 9.06. The molecule has 4 heteroatoms. The van der Waals surface area contributed by atoms with Gasteiger partial charge in [-0.15, -0.1) is 0 Å². The van der Waals surface area contributed by atoms with Crippen molar-refractivity contribution in [3.8, 4) is 0 Å². The summed E-state index contributed by atoms with van der Waals surface area (Å²) in [5.74, 6) is 1.06. The van der Waals surface area contributed by atoms with Gasteiger partial charge in [-0.1, -0.05) is 25.0 Å². The fraction of sp³-hybridized carbons (Fsp3) is 0.529. The highest BCUT2D eigenvalue weighted by Crippen LogP contribution is 2.29. The second-order valence-corrected chi connectivity index (χ2v) is 5.97. The summed E-state index contributed by atoms with van der Waals surface area (Å²) in [6, 6.07) is 7.94. The van der Waals surface area contributed by atoms with E-state index in [1.807, 2.05) is 30.5 Å². The normalized spacial score (nSPS) is 22.5. The van der Waals surface area contributed by atoms with Crippen LogP contribution in [-0.2, 0) is 6.54 Å². The van der Waals surface area contributed by atoms with Crippen LogP contribution in [0, 0.1) is 11.8 Å². The van der Waals surface area contributed by atoms with Crippen molar-refractivity contribution in [1.29, 1.82) is 0 Å². The molecule has 0 amide bonds. The quantitative estimate of drug-likeness (QED) is 0.886. The van der Waals surface area contributed by atoms with Crippen molar-refractivity contribution in [2.45, 2.75) is 32.2 Å². The van der Waals surface area contributed by atoms with E-state index in [0.29, 0.717) is 18.4 Å². The fourth-order valence-electron chi connectivity index (χ4n) is 3.26. The molecule has 0 spiro atoms. The van der Waals surface area contributed by atoms with Crippen LogP contribution in [0.4, 0.5) is 0 Å². The average Bonchev–Trinajstić information content (AvgIpc) is 2.55. The molecule has 2 unspecified atom stereocenters. The summed E-state index contributed by atoms with van der Waals surface area (Å²) in [5.41, 5.74) is 2.86. The van der Waals surface area contributed by atoms with Crippen LogP contribution in [0.5, 0.6) is 0 Å². The van der Waals surface area contributed by atoms with Gasteiger partial charge < -0.3 is 10.4 Å². The lowest BCUT2D eigenvalue weighted by atomic mass is 9.79. The SMILES string of the molecule is OCC1CCCCC1CNCc1cnc2ccccc2n1. The molecule has 1 aliphatic carbocycles. The summed E-state index contributed by atoms with van der Waals surface area (Å²) in [6.07, 6.45) is 6.79. The second kappa shape index (κ2) is 6.96. The molecule has 1 saturated carbocycles. The lowest BCUT2D eigenvalue weighted by Crippen LogP contribution is -2.32. The number of benzene rings is 1. The van der Waals surface area contributed by atoms with Gasteiger partial charge in [0, 0.05) is 13.2 Å². The predicted octanol–water partition coefficient (Wildman–Crippen LogP) is 2.52. The Morgan fingerprint density at radius 2 is 1.86 bits per heavy atom. The van der Waals surface area contributed by atoms with Crippen LogP contribution in [0.25, 0.3) is 11.0 Å². The molecule has 3 rings (SSSR count). The smallest absolute Gasteiger partial charge is 0.0890 e. The molecule has 0 radical (unpaired) electrons. The highest BCUT2D eigenvalue weighted by molar-refractivity contribution is 5.73. The summed E-state index contributed by atoms with van der Waals surface area (Å²) >= 11 is 0. The van der Waals surface area contributed by atoms with Crippen LogP contribution in [0.2, 0.25) is 0 Å². The third-order valence-corrected chi connectivity index (χ3v) is 4.51. The Kier molecular flexibility index (Phi) is 4.78. The highest BCUT2D eigenvalue weighted by atomic mass is 16.3. The molecule has 1 heterocycles. The first-order valence-electron chi connectivity index (χ1n) is 7.89. The molecule has 2 N–H and O–H groups in total. The van der Waals surface area contributed by atoms with Crippen molar-refractivity contribution in [3.63, 3.8) is 0 Å². The average molecular weight is 285 g/mol. The molecule has 1 aromatic heterocycles. The Bertz CT molecular complexity index is 587. The van der Waals surface area contributed by atoms with E-state index in [9.17, 15) is 5.11 Å². The summed E-state index contributed by atoms with van der Waals surface area (Å²) in [7, 11) is 0. The first-order valence-corrected chi connectivity index (χ1v) is 7.89. The lowest BCUT2D eigenvalue weighted by molar-refractivity contribution is 0.133. The minimum Gasteiger partial charge on any atom is -0.396 e. The molecule has 2 atom stereocenters. The van der Waals surface area contributed by atoms with Crippen LogP contribution in [-0.4, -0.2) is 28.2 Å². The van der Waals surface area contributed by atoms with Gasteiger partial charge in [0.2, 0.25) is 0 Å². The number of aromatic nitrogens is 2. The molecule has 1 fully saturated rings. The van der Waals surface area contributed by atoms with Crippen LogP contribution < -0.4 is 5.32 Å². The van der Waals surface area contributed by atoms with Crippen molar-refractivity contribution in [2.75, 3.05) is 13.2 Å². The number of nitrogens with one attached hydrogen (secondary N) is 1. The Labute approximate surface area is 125 Å². The monoisotopic (exact) mass is 285 g/mol. The van der Waals surface area contributed by atoms with Gasteiger partial charge >= 0.3 is 0 Å². The Balaban J connectivity index is 1.56. The molecule has 1 aromatic carbocycles. The first kappa shape index (κ1) is 14.4. The minimum absolute atomic E-state index is 0.322. The maximum absolute atomic E-state index is 9.45. The van der Waals surface area contributed by atoms with Crippen molar-refractivity contribution in [3.05, 3.63) is 36.2 Å². The van der Waals surface area contributed by atoms with E-state index in [1.165, 1.54) is 25.7 Å². The molecule has 4 nitrogen and oxygen atoms in total. The lowest BCUT2D eigenvalue weighted by Gasteiger charge is -2.30. The zero-order valence-corrected chi connectivity index (χ0v) is 12.3. The minimum atomic E-state index is 0.322. The van der Waals surface area contributed by atoms with Gasteiger partial charge in [0.25, 0.3) is 0 Å². The Hall–Kier alpha value is -1.52. The van der Waals surface area contributed by atoms with Gasteiger partial charge in [0.05, 0.1) is 22.9 Å². The number of aliphatic hydroxyl groups is 1. The van der Waals surface area contributed by atoms with E-state index >= 15 is 0 Å². The number of aliphatic hydroxyl groups excluding tert-OH is 1. The van der Waals surface area contributed by atoms with Crippen molar-refractivity contribution in [2.24, 2.45) is 11.8 Å². The summed E-state index contributed by atoms with van der Waals surface area (Å²) < 4.78 is 0. The molecular weight excluding hydrogens is 262 g/mol. The summed E-state index contributed by atoms with van der Waals surface area (Å²) in [6.45, 7) is 2.02. The van der Waals surface area contributed by atoms with Gasteiger partial charge in [0.15, 0.2) is 0 Å². The second-order valence-electron chi connectivity index (χ2n) is 5.97. The number of hydrogen-bond donors (Lipinski definition) is 2. The van der Waals surface area contributed by atoms with E-state index in [-0.39, 0.29) is 0 Å². The van der Waals surface area contributed by atoms with Crippen LogP contribution in [0.15, 0.2) is 30.5 Å². The molecule has 0 saturated heterocycles. The van der Waals surface area contributed by atoms with E-state index in [4.69, 9.17) is 0 Å². The van der Waals surface area contributed by atoms with Crippen molar-refractivity contribution >= 4 is 11.0 Å². The van der Waals surface area contributed by atoms with Gasteiger partial charge in [-0.25, -0.2) is 4.98 Å². The van der Waals surface area contributed by atoms with Crippen LogP contribution in [0.3, 0.4) is 0 Å². The number of hydrogen-bond acceptors (Lipinski definition) is 4. The van der Waals surface area contributed by atoms with Gasteiger partial charge in [-0.05, 0) is 43.4 Å². The summed E-state index contributed by atoms with van der Waals surface area (Å²) in [5, 5.41) is 12.9. The van der Waals surface area contributed by atoms with Gasteiger partial charge in [-0.2, -0.15) is 0 Å². The van der Waals surface area contributed by atoms with Crippen LogP contribution >= 0.6 is 0 Å². The zero-order valence-electron chi connectivity index (χ0n) is 12.3. The third kappa shape index (κ3) is 3.57. The number of rotatable bonds is 5. The highest BCUT2D eigenvalue weighted by Gasteiger charge is 2.23. The molecule has 112 valence electrons. The van der Waals surface area contributed by atoms with E-state index in [0.717, 1.165) is 29.8 Å². The largest absolute Gasteiger partial charge is 0.396 e. The first-order chi connectivity index (χ1) is 10.4. The standard InChI is InChI=1S/C17H23N3O/c21-12-14-6-2-1-5-13(14)9-18-10-15-11-19-16-7-3-4-8-17(16)20-15/h3-4,7-8,11,13-14,18,21H,1-2,5-6,9-10,12H2. The molecule has 1 aliphatic rings. The van der Waals surface area contributed by atoms with Crippen molar-refractivity contribution < 1.29 is 5.11 Å². The van der Waals surface area contributed by atoms with E-state index in [2.05, 4.69) is 15.3 Å². The molecule has 0 aliphatic heterocycles. The maximum atomic E-state index is 9.45. The third-order valence-electron chi connectivity index (χ3n) is 4.51. The van der Waals surface area contributed by atoms with Crippen LogP contribution in [0.1, 0.15) is 31.4 Å². The topological polar surface area (TPSA) is 58.0 Å². The van der Waals surface area contributed by atoms with Gasteiger partial charge in [0.1, 0.15) is 0 Å². The van der Waals surface area contributed by atoms with Gasteiger partial charge in [-0.3, -0.25) is 4.98 Å². The Morgan fingerprint density at radius 3 is 2.67 bits per heavy atom. The van der Waals surface area contributed by atoms with E-state index in [1.54, 1.807) is 0 Å². The molecule has 21 heavy (non-hydrogen) atoms. The maximum Gasteiger partial charge on any atom is 0.0890 e. The number of fused-ring (bicyclic) bond motifs is 1. The zero-order chi connectivity index (χ0) is 14.5. The van der Waals surface area contributed by atoms with E-state index < -0.39 is 0 Å². The van der Waals surface area contributed by atoms with Crippen molar-refractivity contribution in [1.82, 2.24) is 15.3 Å². The number of para-hydroxylation sites is 2. The predicted molar refractivity (Wildman–Crippen MR) is 83.8 cm³/mol. The molecule has 2 aromatic rings.